The highest BCUT2D eigenvalue weighted by molar-refractivity contribution is 8.00. The Morgan fingerprint density at radius 1 is 1.52 bits per heavy atom. The van der Waals surface area contributed by atoms with Gasteiger partial charge in [0.25, 0.3) is 0 Å². The number of aryl methyl sites for hydroxylation is 1. The van der Waals surface area contributed by atoms with Gasteiger partial charge in [0.15, 0.2) is 0 Å². The quantitative estimate of drug-likeness (QED) is 0.458. The molecule has 0 fully saturated rings. The number of esters is 1. The van der Waals surface area contributed by atoms with Gasteiger partial charge in [0, 0.05) is 10.3 Å². The lowest BCUT2D eigenvalue weighted by Crippen LogP contribution is -2.17. The van der Waals surface area contributed by atoms with Crippen molar-refractivity contribution >= 4 is 39.3 Å². The van der Waals surface area contributed by atoms with Crippen LogP contribution in [0, 0.1) is 5.92 Å². The van der Waals surface area contributed by atoms with Crippen molar-refractivity contribution in [3.05, 3.63) is 16.8 Å². The number of carbonyl (C=O) groups is 1. The molecular weight excluding hydrogens is 328 g/mol. The fourth-order valence-electron chi connectivity index (χ4n) is 2.87. The molecule has 124 valence electrons. The molecule has 0 aromatic carbocycles. The Bertz CT molecular complexity index is 714. The van der Waals surface area contributed by atoms with Gasteiger partial charge in [-0.25, -0.2) is 9.97 Å². The number of rotatable bonds is 5. The highest BCUT2D eigenvalue weighted by atomic mass is 32.2. The summed E-state index contributed by atoms with van der Waals surface area (Å²) >= 11 is 3.28. The molecule has 0 saturated carbocycles. The third-order valence-electron chi connectivity index (χ3n) is 4.13. The normalized spacial score (nSPS) is 18.7. The summed E-state index contributed by atoms with van der Waals surface area (Å²) in [6.07, 6.45) is 5.89. The molecule has 0 aliphatic heterocycles. The third kappa shape index (κ3) is 3.53. The fourth-order valence-corrected chi connectivity index (χ4v) is 5.23. The van der Waals surface area contributed by atoms with Gasteiger partial charge in [-0.3, -0.25) is 4.79 Å². The smallest absolute Gasteiger partial charge is 0.319 e. The van der Waals surface area contributed by atoms with E-state index in [1.807, 2.05) is 13.8 Å². The Labute approximate surface area is 145 Å². The Hall–Kier alpha value is -1.14. The van der Waals surface area contributed by atoms with Gasteiger partial charge in [0.1, 0.15) is 21.4 Å². The summed E-state index contributed by atoms with van der Waals surface area (Å²) in [6.45, 7) is 6.67. The number of hydrogen-bond acceptors (Lipinski definition) is 6. The molecule has 3 rings (SSSR count). The van der Waals surface area contributed by atoms with Crippen LogP contribution in [-0.4, -0.2) is 27.8 Å². The van der Waals surface area contributed by atoms with E-state index in [9.17, 15) is 4.79 Å². The van der Waals surface area contributed by atoms with Crippen molar-refractivity contribution in [2.75, 3.05) is 6.61 Å². The van der Waals surface area contributed by atoms with Gasteiger partial charge in [-0.05, 0) is 44.1 Å². The van der Waals surface area contributed by atoms with Crippen molar-refractivity contribution in [3.8, 4) is 0 Å². The van der Waals surface area contributed by atoms with Crippen LogP contribution in [0.2, 0.25) is 0 Å². The van der Waals surface area contributed by atoms with E-state index in [-0.39, 0.29) is 11.2 Å². The van der Waals surface area contributed by atoms with Gasteiger partial charge < -0.3 is 4.74 Å². The number of ether oxygens (including phenoxy) is 1. The largest absolute Gasteiger partial charge is 0.465 e. The first-order chi connectivity index (χ1) is 11.1. The predicted octanol–water partition coefficient (Wildman–Crippen LogP) is 4.25. The number of fused-ring (bicyclic) bond motifs is 3. The van der Waals surface area contributed by atoms with Crippen LogP contribution < -0.4 is 0 Å². The molecule has 1 aliphatic carbocycles. The number of thioether (sulfide) groups is 1. The average Bonchev–Trinajstić information content (AvgIpc) is 2.90. The maximum absolute atomic E-state index is 12.0. The van der Waals surface area contributed by atoms with Gasteiger partial charge in [0.2, 0.25) is 0 Å². The van der Waals surface area contributed by atoms with Gasteiger partial charge in [-0.15, -0.1) is 11.3 Å². The first-order valence-electron chi connectivity index (χ1n) is 8.18. The maximum atomic E-state index is 12.0. The Morgan fingerprint density at radius 2 is 2.35 bits per heavy atom. The molecule has 4 nitrogen and oxygen atoms in total. The Morgan fingerprint density at radius 3 is 3.13 bits per heavy atom. The van der Waals surface area contributed by atoms with Crippen molar-refractivity contribution in [3.63, 3.8) is 0 Å². The van der Waals surface area contributed by atoms with E-state index in [1.165, 1.54) is 34.0 Å². The molecule has 0 bridgehead atoms. The molecular formula is C17H22N2O2S2. The molecule has 0 saturated heterocycles. The fraction of sp³-hybridized carbons (Fsp3) is 0.588. The summed E-state index contributed by atoms with van der Waals surface area (Å²) in [6, 6.07) is 0. The molecule has 2 aromatic heterocycles. The summed E-state index contributed by atoms with van der Waals surface area (Å²) in [4.78, 5) is 23.4. The zero-order chi connectivity index (χ0) is 16.4. The Balaban J connectivity index is 1.88. The zero-order valence-corrected chi connectivity index (χ0v) is 15.4. The number of aromatic nitrogens is 2. The van der Waals surface area contributed by atoms with Gasteiger partial charge in [-0.1, -0.05) is 25.6 Å². The molecule has 2 heterocycles. The van der Waals surface area contributed by atoms with E-state index >= 15 is 0 Å². The molecule has 2 aromatic rings. The molecule has 0 amide bonds. The minimum atomic E-state index is -0.252. The second-order valence-corrected chi connectivity index (χ2v) is 8.55. The lowest BCUT2D eigenvalue weighted by molar-refractivity contribution is -0.142. The standard InChI is InChI=1S/C17H22N2O2S2/c1-4-7-21-17(20)11(3)22-15-14-12-6-5-10(2)8-13(12)23-16(14)19-9-18-15/h9-11H,4-8H2,1-3H3/t10-,11-/m1/s1. The van der Waals surface area contributed by atoms with Crippen LogP contribution in [0.1, 0.15) is 44.1 Å². The lowest BCUT2D eigenvalue weighted by Gasteiger charge is -2.18. The molecule has 1 aliphatic rings. The van der Waals surface area contributed by atoms with Crippen molar-refractivity contribution < 1.29 is 9.53 Å². The van der Waals surface area contributed by atoms with Crippen LogP contribution in [0.4, 0.5) is 0 Å². The molecule has 0 unspecified atom stereocenters. The highest BCUT2D eigenvalue weighted by Crippen LogP contribution is 2.41. The van der Waals surface area contributed by atoms with E-state index in [4.69, 9.17) is 4.74 Å². The summed E-state index contributed by atoms with van der Waals surface area (Å²) in [5.41, 5.74) is 1.40. The van der Waals surface area contributed by atoms with Crippen LogP contribution in [0.5, 0.6) is 0 Å². The Kier molecular flexibility index (Phi) is 5.21. The second kappa shape index (κ2) is 7.18. The minimum absolute atomic E-state index is 0.165. The summed E-state index contributed by atoms with van der Waals surface area (Å²) in [5.74, 6) is 0.573. The number of thiophene rings is 1. The van der Waals surface area contributed by atoms with Gasteiger partial charge in [-0.2, -0.15) is 0 Å². The van der Waals surface area contributed by atoms with Crippen molar-refractivity contribution in [1.82, 2.24) is 9.97 Å². The SMILES string of the molecule is CCCOC(=O)[C@@H](C)Sc1ncnc2sc3c(c12)CC[C@@H](C)C3. The number of carbonyl (C=O) groups excluding carboxylic acids is 1. The van der Waals surface area contributed by atoms with Crippen LogP contribution in [-0.2, 0) is 22.4 Å². The summed E-state index contributed by atoms with van der Waals surface area (Å²) in [7, 11) is 0. The topological polar surface area (TPSA) is 52.1 Å². The molecule has 6 heteroatoms. The van der Waals surface area contributed by atoms with Crippen LogP contribution in [0.25, 0.3) is 10.2 Å². The monoisotopic (exact) mass is 350 g/mol. The second-order valence-electron chi connectivity index (χ2n) is 6.14. The van der Waals surface area contributed by atoms with E-state index in [2.05, 4.69) is 16.9 Å². The average molecular weight is 351 g/mol. The molecule has 0 spiro atoms. The van der Waals surface area contributed by atoms with Crippen LogP contribution >= 0.6 is 23.1 Å². The van der Waals surface area contributed by atoms with E-state index in [0.29, 0.717) is 6.61 Å². The van der Waals surface area contributed by atoms with Gasteiger partial charge in [0.05, 0.1) is 6.61 Å². The summed E-state index contributed by atoms with van der Waals surface area (Å²) < 4.78 is 5.24. The number of nitrogens with zero attached hydrogens (tertiary/aromatic N) is 2. The number of hydrogen-bond donors (Lipinski definition) is 0. The predicted molar refractivity (Wildman–Crippen MR) is 95.2 cm³/mol. The minimum Gasteiger partial charge on any atom is -0.465 e. The van der Waals surface area contributed by atoms with Gasteiger partial charge >= 0.3 is 5.97 Å². The molecule has 23 heavy (non-hydrogen) atoms. The van der Waals surface area contributed by atoms with Crippen LogP contribution in [0.15, 0.2) is 11.4 Å². The van der Waals surface area contributed by atoms with Crippen LogP contribution in [0.3, 0.4) is 0 Å². The third-order valence-corrected chi connectivity index (χ3v) is 6.37. The first-order valence-corrected chi connectivity index (χ1v) is 9.88. The zero-order valence-electron chi connectivity index (χ0n) is 13.8. The van der Waals surface area contributed by atoms with E-state index in [0.717, 1.165) is 35.0 Å². The maximum Gasteiger partial charge on any atom is 0.319 e. The van der Waals surface area contributed by atoms with Crippen molar-refractivity contribution in [2.24, 2.45) is 5.92 Å². The van der Waals surface area contributed by atoms with Crippen molar-refractivity contribution in [2.45, 2.75) is 56.7 Å². The molecule has 2 atom stereocenters. The summed E-state index contributed by atoms with van der Waals surface area (Å²) in [5, 5.41) is 1.83. The lowest BCUT2D eigenvalue weighted by atomic mass is 9.89. The molecule has 0 radical (unpaired) electrons. The van der Waals surface area contributed by atoms with E-state index < -0.39 is 0 Å². The van der Waals surface area contributed by atoms with E-state index in [1.54, 1.807) is 17.7 Å². The highest BCUT2D eigenvalue weighted by Gasteiger charge is 2.25. The molecule has 0 N–H and O–H groups in total. The van der Waals surface area contributed by atoms with Crippen molar-refractivity contribution in [1.29, 1.82) is 0 Å². The first kappa shape index (κ1) is 16.7.